The summed E-state index contributed by atoms with van der Waals surface area (Å²) in [5.41, 5.74) is 3.95. The molecule has 0 saturated carbocycles. The van der Waals surface area contributed by atoms with Crippen LogP contribution in [0, 0.1) is 5.82 Å². The maximum Gasteiger partial charge on any atom is 0.133 e. The number of morpholine rings is 1. The summed E-state index contributed by atoms with van der Waals surface area (Å²) in [7, 11) is 0. The summed E-state index contributed by atoms with van der Waals surface area (Å²) in [4.78, 5) is 16.1. The summed E-state index contributed by atoms with van der Waals surface area (Å²) in [5, 5.41) is 4.02. The maximum absolute atomic E-state index is 14.8. The van der Waals surface area contributed by atoms with Crippen molar-refractivity contribution < 1.29 is 9.13 Å². The van der Waals surface area contributed by atoms with E-state index in [9.17, 15) is 4.39 Å². The Morgan fingerprint density at radius 1 is 1.17 bits per heavy atom. The maximum atomic E-state index is 14.8. The quantitative estimate of drug-likeness (QED) is 0.446. The number of allylic oxidation sites excluding steroid dienone is 1. The smallest absolute Gasteiger partial charge is 0.133 e. The normalized spacial score (nSPS) is 20.0. The zero-order valence-electron chi connectivity index (χ0n) is 19.8. The molecule has 2 unspecified atom stereocenters. The highest BCUT2D eigenvalue weighted by atomic mass is 35.5. The van der Waals surface area contributed by atoms with Crippen LogP contribution in [0.15, 0.2) is 48.9 Å². The van der Waals surface area contributed by atoms with E-state index >= 15 is 0 Å². The molecule has 3 aromatic rings. The third-order valence-corrected chi connectivity index (χ3v) is 7.03. The van der Waals surface area contributed by atoms with E-state index in [4.69, 9.17) is 16.3 Å². The highest BCUT2D eigenvalue weighted by molar-refractivity contribution is 6.30. The fraction of sp³-hybridized carbons (Fsp3) is 0.370. The Balaban J connectivity index is 1.38. The minimum atomic E-state index is -0.340. The van der Waals surface area contributed by atoms with Gasteiger partial charge in [0.15, 0.2) is 0 Å². The lowest BCUT2D eigenvalue weighted by molar-refractivity contribution is 0.0378. The third kappa shape index (κ3) is 5.22. The van der Waals surface area contributed by atoms with Gasteiger partial charge in [-0.1, -0.05) is 30.7 Å². The Labute approximate surface area is 210 Å². The van der Waals surface area contributed by atoms with Crippen molar-refractivity contribution in [3.8, 4) is 11.3 Å². The molecule has 8 heteroatoms. The molecule has 0 bridgehead atoms. The molecule has 182 valence electrons. The van der Waals surface area contributed by atoms with Gasteiger partial charge in [0.05, 0.1) is 24.6 Å². The molecule has 0 radical (unpaired) electrons. The molecule has 0 amide bonds. The minimum absolute atomic E-state index is 0.00974. The van der Waals surface area contributed by atoms with Gasteiger partial charge in [-0.15, -0.1) is 0 Å². The summed E-state index contributed by atoms with van der Waals surface area (Å²) in [6, 6.07) is 8.48. The molecule has 35 heavy (non-hydrogen) atoms. The van der Waals surface area contributed by atoms with Crippen molar-refractivity contribution in [3.63, 3.8) is 0 Å². The van der Waals surface area contributed by atoms with E-state index in [0.29, 0.717) is 16.3 Å². The number of nitrogens with one attached hydrogen (secondary N) is 1. The highest BCUT2D eigenvalue weighted by Gasteiger charge is 2.30. The predicted octanol–water partition coefficient (Wildman–Crippen LogP) is 5.38. The Morgan fingerprint density at radius 2 is 2.03 bits per heavy atom. The average molecular weight is 494 g/mol. The number of benzene rings is 1. The highest BCUT2D eigenvalue weighted by Crippen LogP contribution is 2.44. The van der Waals surface area contributed by atoms with Crippen molar-refractivity contribution in [1.29, 1.82) is 0 Å². The van der Waals surface area contributed by atoms with Crippen molar-refractivity contribution >= 4 is 23.5 Å². The van der Waals surface area contributed by atoms with Crippen LogP contribution in [0.5, 0.6) is 0 Å². The standard InChI is InChI=1S/C27H29ClFN5O/c1-18-20(21-4-2-9-30-26(21)22-16-19(28)5-7-23(22)29)6-8-24-25(18)27(33-17-32-24)31-10-3-11-34-12-14-35-15-13-34/h2,4-9,16-18,20H,3,10-15H2,1H3,(H,31,32,33). The van der Waals surface area contributed by atoms with E-state index in [2.05, 4.69) is 38.2 Å². The van der Waals surface area contributed by atoms with Crippen LogP contribution >= 0.6 is 11.6 Å². The number of aromatic nitrogens is 3. The van der Waals surface area contributed by atoms with Crippen LogP contribution in [0.1, 0.15) is 42.0 Å². The molecule has 1 fully saturated rings. The second kappa shape index (κ2) is 10.8. The fourth-order valence-corrected chi connectivity index (χ4v) is 5.14. The van der Waals surface area contributed by atoms with Gasteiger partial charge in [-0.05, 0) is 54.8 Å². The number of anilines is 1. The van der Waals surface area contributed by atoms with Crippen molar-refractivity contribution in [2.75, 3.05) is 44.7 Å². The van der Waals surface area contributed by atoms with E-state index < -0.39 is 0 Å². The predicted molar refractivity (Wildman–Crippen MR) is 137 cm³/mol. The van der Waals surface area contributed by atoms with Crippen LogP contribution in [-0.4, -0.2) is 59.2 Å². The number of pyridine rings is 1. The molecule has 1 N–H and O–H groups in total. The number of nitrogens with zero attached hydrogens (tertiary/aromatic N) is 4. The lowest BCUT2D eigenvalue weighted by Crippen LogP contribution is -2.37. The van der Waals surface area contributed by atoms with Crippen LogP contribution in [0.3, 0.4) is 0 Å². The van der Waals surface area contributed by atoms with Gasteiger partial charge in [0.25, 0.3) is 0 Å². The van der Waals surface area contributed by atoms with Gasteiger partial charge in [0.1, 0.15) is 18.0 Å². The Kier molecular flexibility index (Phi) is 7.37. The number of hydrogen-bond donors (Lipinski definition) is 1. The fourth-order valence-electron chi connectivity index (χ4n) is 4.97. The molecule has 5 rings (SSSR count). The Bertz CT molecular complexity index is 1210. The number of halogens is 2. The Morgan fingerprint density at radius 3 is 2.89 bits per heavy atom. The van der Waals surface area contributed by atoms with E-state index in [0.717, 1.165) is 68.5 Å². The molecule has 1 aromatic carbocycles. The zero-order valence-corrected chi connectivity index (χ0v) is 20.5. The van der Waals surface area contributed by atoms with Gasteiger partial charge in [-0.25, -0.2) is 14.4 Å². The minimum Gasteiger partial charge on any atom is -0.379 e. The van der Waals surface area contributed by atoms with Gasteiger partial charge in [-0.3, -0.25) is 9.88 Å². The third-order valence-electron chi connectivity index (χ3n) is 6.80. The molecular formula is C27H29ClFN5O. The molecule has 1 saturated heterocycles. The van der Waals surface area contributed by atoms with Crippen molar-refractivity contribution in [1.82, 2.24) is 19.9 Å². The van der Waals surface area contributed by atoms with E-state index in [1.807, 2.05) is 18.2 Å². The summed E-state index contributed by atoms with van der Waals surface area (Å²) in [6.45, 7) is 7.64. The molecular weight excluding hydrogens is 465 g/mol. The van der Waals surface area contributed by atoms with Gasteiger partial charge < -0.3 is 10.1 Å². The molecule has 2 aliphatic rings. The molecule has 0 spiro atoms. The topological polar surface area (TPSA) is 63.2 Å². The molecule has 2 aromatic heterocycles. The summed E-state index contributed by atoms with van der Waals surface area (Å²) < 4.78 is 20.2. The van der Waals surface area contributed by atoms with E-state index in [1.165, 1.54) is 6.07 Å². The van der Waals surface area contributed by atoms with Crippen LogP contribution in [0.4, 0.5) is 10.2 Å². The lowest BCUT2D eigenvalue weighted by atomic mass is 9.77. The van der Waals surface area contributed by atoms with Gasteiger partial charge in [0, 0.05) is 47.9 Å². The van der Waals surface area contributed by atoms with Crippen LogP contribution in [0.2, 0.25) is 5.02 Å². The summed E-state index contributed by atoms with van der Waals surface area (Å²) >= 11 is 6.19. The van der Waals surface area contributed by atoms with Crippen molar-refractivity contribution in [3.05, 3.63) is 76.6 Å². The molecule has 2 atom stereocenters. The molecule has 6 nitrogen and oxygen atoms in total. The van der Waals surface area contributed by atoms with Crippen molar-refractivity contribution in [2.45, 2.75) is 25.2 Å². The Hall–Kier alpha value is -2.87. The van der Waals surface area contributed by atoms with Crippen LogP contribution in [-0.2, 0) is 4.74 Å². The first kappa shape index (κ1) is 23.9. The van der Waals surface area contributed by atoms with Gasteiger partial charge in [0.2, 0.25) is 0 Å². The molecule has 3 heterocycles. The molecule has 1 aliphatic heterocycles. The first-order valence-corrected chi connectivity index (χ1v) is 12.5. The van der Waals surface area contributed by atoms with Crippen molar-refractivity contribution in [2.24, 2.45) is 0 Å². The second-order valence-electron chi connectivity index (χ2n) is 8.99. The zero-order chi connectivity index (χ0) is 24.2. The molecule has 1 aliphatic carbocycles. The van der Waals surface area contributed by atoms with E-state index in [-0.39, 0.29) is 17.7 Å². The number of hydrogen-bond acceptors (Lipinski definition) is 6. The lowest BCUT2D eigenvalue weighted by Gasteiger charge is -2.29. The second-order valence-corrected chi connectivity index (χ2v) is 9.43. The number of ether oxygens (including phenoxy) is 1. The largest absolute Gasteiger partial charge is 0.379 e. The monoisotopic (exact) mass is 493 g/mol. The average Bonchev–Trinajstić information content (AvgIpc) is 2.89. The van der Waals surface area contributed by atoms with E-state index in [1.54, 1.807) is 24.7 Å². The van der Waals surface area contributed by atoms with Gasteiger partial charge >= 0.3 is 0 Å². The van der Waals surface area contributed by atoms with Gasteiger partial charge in [-0.2, -0.15) is 0 Å². The summed E-state index contributed by atoms with van der Waals surface area (Å²) in [5.74, 6) is 0.582. The SMILES string of the molecule is CC1c2c(ncnc2NCCCN2CCOCC2)C=CC1c1cccnc1-c1cc(Cl)ccc1F. The first-order chi connectivity index (χ1) is 17.1. The first-order valence-electron chi connectivity index (χ1n) is 12.1. The number of rotatable bonds is 7. The van der Waals surface area contributed by atoms with Crippen LogP contribution in [0.25, 0.3) is 17.3 Å². The summed E-state index contributed by atoms with van der Waals surface area (Å²) in [6.07, 6.45) is 8.48. The van der Waals surface area contributed by atoms with Crippen LogP contribution < -0.4 is 5.32 Å². The number of fused-ring (bicyclic) bond motifs is 1.